The minimum atomic E-state index is -3.43. The molecule has 1 aliphatic carbocycles. The van der Waals surface area contributed by atoms with Gasteiger partial charge in [-0.25, -0.2) is 13.4 Å². The molecule has 1 aliphatic rings. The van der Waals surface area contributed by atoms with Crippen LogP contribution in [0.1, 0.15) is 48.2 Å². The van der Waals surface area contributed by atoms with Crippen molar-refractivity contribution in [2.45, 2.75) is 44.4 Å². The maximum Gasteiger partial charge on any atom is 0.260 e. The van der Waals surface area contributed by atoms with Crippen LogP contribution in [0.5, 0.6) is 0 Å². The topological polar surface area (TPSA) is 70.6 Å². The van der Waals surface area contributed by atoms with Gasteiger partial charge < -0.3 is 4.90 Å². The Balaban J connectivity index is 1.74. The zero-order valence-electron chi connectivity index (χ0n) is 19.5. The number of hydrogen-bond donors (Lipinski definition) is 0. The zero-order chi connectivity index (χ0) is 23.6. The standard InChI is InChI=1S/C25H31N3O3S2/c1-4-27(5-2)15-16-28(24(29)20-14-13-18-9-6-7-10-19(18)17-20)25-26-23-21(32-25)11-8-12-22(23)33(3,30)31/h8,11-14,17H,4-7,9-10,15-16H2,1-3H3. The third kappa shape index (κ3) is 5.13. The molecule has 0 unspecified atom stereocenters. The molecular formula is C25H31N3O3S2. The average molecular weight is 486 g/mol. The second kappa shape index (κ2) is 9.91. The lowest BCUT2D eigenvalue weighted by molar-refractivity contribution is 0.0983. The lowest BCUT2D eigenvalue weighted by atomic mass is 9.90. The summed E-state index contributed by atoms with van der Waals surface area (Å²) < 4.78 is 25.3. The quantitative estimate of drug-likeness (QED) is 0.468. The van der Waals surface area contributed by atoms with Crippen LogP contribution in [0.4, 0.5) is 5.13 Å². The predicted molar refractivity (Wildman–Crippen MR) is 135 cm³/mol. The summed E-state index contributed by atoms with van der Waals surface area (Å²) in [5, 5.41) is 0.538. The number of aromatic nitrogens is 1. The van der Waals surface area contributed by atoms with Crippen LogP contribution >= 0.6 is 11.3 Å². The molecule has 0 fully saturated rings. The smallest absolute Gasteiger partial charge is 0.260 e. The van der Waals surface area contributed by atoms with Crippen LogP contribution in [-0.4, -0.2) is 56.6 Å². The number of carbonyl (C=O) groups is 1. The number of benzene rings is 2. The molecule has 4 rings (SSSR count). The highest BCUT2D eigenvalue weighted by Crippen LogP contribution is 2.33. The highest BCUT2D eigenvalue weighted by Gasteiger charge is 2.25. The monoisotopic (exact) mass is 485 g/mol. The molecule has 2 aromatic carbocycles. The minimum absolute atomic E-state index is 0.0875. The van der Waals surface area contributed by atoms with E-state index in [0.29, 0.717) is 22.8 Å². The first-order chi connectivity index (χ1) is 15.8. The van der Waals surface area contributed by atoms with Gasteiger partial charge in [-0.2, -0.15) is 0 Å². The van der Waals surface area contributed by atoms with Crippen molar-refractivity contribution in [2.24, 2.45) is 0 Å². The fourth-order valence-corrected chi connectivity index (χ4v) is 6.33. The van der Waals surface area contributed by atoms with Gasteiger partial charge in [-0.05, 0) is 74.2 Å². The van der Waals surface area contributed by atoms with Crippen molar-refractivity contribution in [1.29, 1.82) is 0 Å². The number of thiazole rings is 1. The van der Waals surface area contributed by atoms with Gasteiger partial charge in [-0.3, -0.25) is 9.69 Å². The summed E-state index contributed by atoms with van der Waals surface area (Å²) in [4.78, 5) is 22.6. The largest absolute Gasteiger partial charge is 0.302 e. The third-order valence-corrected chi connectivity index (χ3v) is 8.55. The van der Waals surface area contributed by atoms with Gasteiger partial charge in [0.1, 0.15) is 5.52 Å². The molecule has 1 heterocycles. The maximum atomic E-state index is 13.7. The molecule has 3 aromatic rings. The van der Waals surface area contributed by atoms with Crippen LogP contribution in [-0.2, 0) is 22.7 Å². The molecule has 0 saturated carbocycles. The van der Waals surface area contributed by atoms with Crippen molar-refractivity contribution in [3.8, 4) is 0 Å². The van der Waals surface area contributed by atoms with Gasteiger partial charge >= 0.3 is 0 Å². The SMILES string of the molecule is CCN(CC)CCN(C(=O)c1ccc2c(c1)CCCC2)c1nc2c(S(C)(=O)=O)cccc2s1. The van der Waals surface area contributed by atoms with E-state index in [2.05, 4.69) is 29.8 Å². The molecular weight excluding hydrogens is 454 g/mol. The van der Waals surface area contributed by atoms with Gasteiger partial charge in [0.2, 0.25) is 0 Å². The van der Waals surface area contributed by atoms with Crippen LogP contribution < -0.4 is 4.90 Å². The van der Waals surface area contributed by atoms with Crippen molar-refractivity contribution in [3.05, 3.63) is 53.1 Å². The lowest BCUT2D eigenvalue weighted by Crippen LogP contribution is -2.39. The lowest BCUT2D eigenvalue weighted by Gasteiger charge is -2.25. The third-order valence-electron chi connectivity index (χ3n) is 6.38. The van der Waals surface area contributed by atoms with Gasteiger partial charge in [0.05, 0.1) is 9.60 Å². The number of fused-ring (bicyclic) bond motifs is 2. The molecule has 1 aromatic heterocycles. The van der Waals surface area contributed by atoms with Crippen LogP contribution in [0.25, 0.3) is 10.2 Å². The maximum absolute atomic E-state index is 13.7. The number of sulfone groups is 1. The first-order valence-electron chi connectivity index (χ1n) is 11.6. The Kier molecular flexibility index (Phi) is 7.16. The minimum Gasteiger partial charge on any atom is -0.302 e. The number of aryl methyl sites for hydroxylation is 2. The molecule has 6 nitrogen and oxygen atoms in total. The van der Waals surface area contributed by atoms with Crippen molar-refractivity contribution < 1.29 is 13.2 Å². The Morgan fingerprint density at radius 1 is 1.03 bits per heavy atom. The molecule has 0 spiro atoms. The Morgan fingerprint density at radius 2 is 1.76 bits per heavy atom. The highest BCUT2D eigenvalue weighted by molar-refractivity contribution is 7.91. The molecule has 0 aliphatic heterocycles. The van der Waals surface area contributed by atoms with Gasteiger partial charge in [-0.15, -0.1) is 0 Å². The van der Waals surface area contributed by atoms with E-state index in [9.17, 15) is 13.2 Å². The van der Waals surface area contributed by atoms with Crippen LogP contribution in [0, 0.1) is 0 Å². The Morgan fingerprint density at radius 3 is 2.45 bits per heavy atom. The number of amides is 1. The molecule has 0 radical (unpaired) electrons. The van der Waals surface area contributed by atoms with E-state index in [1.54, 1.807) is 17.0 Å². The Bertz CT molecular complexity index is 1260. The number of para-hydroxylation sites is 1. The summed E-state index contributed by atoms with van der Waals surface area (Å²) in [7, 11) is -3.43. The van der Waals surface area contributed by atoms with Crippen molar-refractivity contribution in [3.63, 3.8) is 0 Å². The Hall–Kier alpha value is -2.29. The molecule has 176 valence electrons. The van der Waals surface area contributed by atoms with Crippen LogP contribution in [0.2, 0.25) is 0 Å². The molecule has 8 heteroatoms. The normalized spacial score (nSPS) is 13.9. The van der Waals surface area contributed by atoms with E-state index in [0.717, 1.165) is 43.6 Å². The van der Waals surface area contributed by atoms with E-state index in [-0.39, 0.29) is 10.8 Å². The molecule has 33 heavy (non-hydrogen) atoms. The van der Waals surface area contributed by atoms with Crippen LogP contribution in [0.15, 0.2) is 41.3 Å². The summed E-state index contributed by atoms with van der Waals surface area (Å²) in [5.74, 6) is -0.0875. The summed E-state index contributed by atoms with van der Waals surface area (Å²) >= 11 is 1.37. The van der Waals surface area contributed by atoms with E-state index in [1.165, 1.54) is 35.1 Å². The fourth-order valence-electron chi connectivity index (χ4n) is 4.41. The van der Waals surface area contributed by atoms with Gasteiger partial charge in [-0.1, -0.05) is 37.3 Å². The number of hydrogen-bond acceptors (Lipinski definition) is 6. The second-order valence-corrected chi connectivity index (χ2v) is 11.5. The first kappa shape index (κ1) is 23.9. The predicted octanol–water partition coefficient (Wildman–Crippen LogP) is 4.57. The van der Waals surface area contributed by atoms with E-state index in [4.69, 9.17) is 0 Å². The van der Waals surface area contributed by atoms with Gasteiger partial charge in [0, 0.05) is 24.9 Å². The first-order valence-corrected chi connectivity index (χ1v) is 14.3. The summed E-state index contributed by atoms with van der Waals surface area (Å²) in [6.07, 6.45) is 5.63. The number of likely N-dealkylation sites (N-methyl/N-ethyl adjacent to an activating group) is 1. The molecule has 0 atom stereocenters. The molecule has 0 bridgehead atoms. The Labute approximate surface area is 200 Å². The number of nitrogens with zero attached hydrogens (tertiary/aromatic N) is 3. The summed E-state index contributed by atoms with van der Waals surface area (Å²) in [5.41, 5.74) is 3.70. The van der Waals surface area contributed by atoms with Crippen molar-refractivity contribution in [2.75, 3.05) is 37.3 Å². The van der Waals surface area contributed by atoms with Crippen molar-refractivity contribution in [1.82, 2.24) is 9.88 Å². The van der Waals surface area contributed by atoms with Gasteiger partial charge in [0.25, 0.3) is 5.91 Å². The van der Waals surface area contributed by atoms with E-state index in [1.807, 2.05) is 18.2 Å². The molecule has 0 N–H and O–H groups in total. The number of carbonyl (C=O) groups excluding carboxylic acids is 1. The molecule has 1 amide bonds. The average Bonchev–Trinajstić information content (AvgIpc) is 3.24. The highest BCUT2D eigenvalue weighted by atomic mass is 32.2. The summed E-state index contributed by atoms with van der Waals surface area (Å²) in [6, 6.07) is 11.2. The fraction of sp³-hybridized carbons (Fsp3) is 0.440. The van der Waals surface area contributed by atoms with Crippen molar-refractivity contribution >= 4 is 42.4 Å². The zero-order valence-corrected chi connectivity index (χ0v) is 21.1. The molecule has 0 saturated heterocycles. The number of anilines is 1. The second-order valence-electron chi connectivity index (χ2n) is 8.55. The van der Waals surface area contributed by atoms with E-state index < -0.39 is 9.84 Å². The number of rotatable bonds is 8. The summed E-state index contributed by atoms with van der Waals surface area (Å²) in [6.45, 7) is 7.22. The van der Waals surface area contributed by atoms with Gasteiger partial charge in [0.15, 0.2) is 15.0 Å². The van der Waals surface area contributed by atoms with Crippen LogP contribution in [0.3, 0.4) is 0 Å². The van der Waals surface area contributed by atoms with E-state index >= 15 is 0 Å².